The van der Waals surface area contributed by atoms with Crippen LogP contribution in [-0.2, 0) is 21.9 Å². The number of halogens is 1. The van der Waals surface area contributed by atoms with Crippen LogP contribution >= 0.6 is 19.2 Å². The lowest BCUT2D eigenvalue weighted by Gasteiger charge is -2.20. The summed E-state index contributed by atoms with van der Waals surface area (Å²) in [6.07, 6.45) is 4.84. The Morgan fingerprint density at radius 1 is 1.05 bits per heavy atom. The quantitative estimate of drug-likeness (QED) is 0.162. The van der Waals surface area contributed by atoms with E-state index in [-0.39, 0.29) is 18.1 Å². The van der Waals surface area contributed by atoms with Crippen LogP contribution in [0.1, 0.15) is 16.7 Å². The molecule has 0 aliphatic heterocycles. The molecule has 1 heterocycles. The average Bonchev–Trinajstić information content (AvgIpc) is 3.41. The van der Waals surface area contributed by atoms with Crippen LogP contribution in [0.15, 0.2) is 85.2 Å². The van der Waals surface area contributed by atoms with Gasteiger partial charge < -0.3 is 20.4 Å². The van der Waals surface area contributed by atoms with Crippen LogP contribution in [0.3, 0.4) is 0 Å². The summed E-state index contributed by atoms with van der Waals surface area (Å²) in [5, 5.41) is 18.1. The van der Waals surface area contributed by atoms with Crippen LogP contribution < -0.4 is 10.6 Å². The van der Waals surface area contributed by atoms with Crippen LogP contribution in [0.4, 0.5) is 5.69 Å². The van der Waals surface area contributed by atoms with E-state index in [2.05, 4.69) is 26.2 Å². The smallest absolute Gasteiger partial charge is 0.329 e. The third-order valence-electron chi connectivity index (χ3n) is 5.57. The Morgan fingerprint density at radius 2 is 1.82 bits per heavy atom. The van der Waals surface area contributed by atoms with Crippen molar-refractivity contribution in [2.75, 3.05) is 11.9 Å². The van der Waals surface area contributed by atoms with Crippen LogP contribution in [0.5, 0.6) is 0 Å². The monoisotopic (exact) mass is 552 g/mol. The Labute approximate surface area is 224 Å². The van der Waals surface area contributed by atoms with Crippen LogP contribution in [0.25, 0.3) is 11.8 Å². The van der Waals surface area contributed by atoms with Crippen molar-refractivity contribution in [2.45, 2.75) is 18.6 Å². The molecule has 3 aromatic carbocycles. The summed E-state index contributed by atoms with van der Waals surface area (Å²) in [6.45, 7) is 0.430. The number of nitrogens with zero attached hydrogens (tertiary/aromatic N) is 4. The van der Waals surface area contributed by atoms with Gasteiger partial charge in [0.25, 0.3) is 0 Å². The largest absolute Gasteiger partial charge is 0.383 e. The fraction of sp³-hybridized carbons (Fsp3) is 0.154. The molecule has 0 radical (unpaired) electrons. The molecule has 0 saturated heterocycles. The highest BCUT2D eigenvalue weighted by Gasteiger charge is 2.15. The van der Waals surface area contributed by atoms with Gasteiger partial charge in [0.2, 0.25) is 5.91 Å². The Hall–Kier alpha value is -3.82. The summed E-state index contributed by atoms with van der Waals surface area (Å²) >= 11 is 6.17. The van der Waals surface area contributed by atoms with Crippen molar-refractivity contribution in [1.82, 2.24) is 25.5 Å². The molecule has 10 nitrogen and oxygen atoms in total. The van der Waals surface area contributed by atoms with E-state index >= 15 is 0 Å². The van der Waals surface area contributed by atoms with Crippen molar-refractivity contribution in [1.29, 1.82) is 0 Å². The molecule has 0 fully saturated rings. The molecule has 0 aliphatic rings. The molecule has 0 saturated carbocycles. The molecule has 12 heteroatoms. The zero-order valence-electron chi connectivity index (χ0n) is 20.2. The molecule has 196 valence electrons. The number of aromatic nitrogens is 4. The second kappa shape index (κ2) is 12.6. The van der Waals surface area contributed by atoms with Gasteiger partial charge in [0.1, 0.15) is 6.33 Å². The van der Waals surface area contributed by atoms with Gasteiger partial charge in [-0.2, -0.15) is 4.68 Å². The molecule has 0 bridgehead atoms. The van der Waals surface area contributed by atoms with Gasteiger partial charge in [0, 0.05) is 28.9 Å². The van der Waals surface area contributed by atoms with Crippen molar-refractivity contribution >= 4 is 36.9 Å². The minimum Gasteiger partial charge on any atom is -0.383 e. The molecule has 1 atom stereocenters. The Kier molecular flexibility index (Phi) is 9.04. The highest BCUT2D eigenvalue weighted by molar-refractivity contribution is 7.50. The molecular weight excluding hydrogens is 527 g/mol. The molecule has 0 aliphatic carbocycles. The first-order valence-electron chi connectivity index (χ1n) is 11.7. The van der Waals surface area contributed by atoms with Gasteiger partial charge in [-0.3, -0.25) is 9.36 Å². The highest BCUT2D eigenvalue weighted by Crippen LogP contribution is 2.39. The molecular formula is C26H26ClN6O4P. The number of nitrogens with one attached hydrogen (secondary N) is 2. The predicted octanol–water partition coefficient (Wildman–Crippen LogP) is 3.85. The number of carbonyl (C=O) groups excluding carboxylic acids is 1. The topological polar surface area (TPSA) is 142 Å². The summed E-state index contributed by atoms with van der Waals surface area (Å²) < 4.78 is 12.7. The lowest BCUT2D eigenvalue weighted by Crippen LogP contribution is -2.40. The van der Waals surface area contributed by atoms with Gasteiger partial charge in [0.05, 0.1) is 17.9 Å². The van der Waals surface area contributed by atoms with E-state index in [1.165, 1.54) is 17.1 Å². The molecule has 0 unspecified atom stereocenters. The van der Waals surface area contributed by atoms with Gasteiger partial charge in [-0.1, -0.05) is 54.1 Å². The van der Waals surface area contributed by atoms with Crippen LogP contribution in [-0.4, -0.2) is 48.5 Å². The fourth-order valence-corrected chi connectivity index (χ4v) is 4.70. The SMILES string of the molecule is O=C(/C=C/c1cc(Cl)ccc1-n1cnnn1)N[C@H](CNc1ccc(CP(=O)(O)O)cc1)Cc1ccccc1. The highest BCUT2D eigenvalue weighted by atomic mass is 35.5. The minimum atomic E-state index is -4.13. The molecule has 1 aromatic heterocycles. The van der Waals surface area contributed by atoms with Gasteiger partial charge >= 0.3 is 7.60 Å². The number of amides is 1. The number of anilines is 1. The van der Waals surface area contributed by atoms with Crippen LogP contribution in [0.2, 0.25) is 5.02 Å². The van der Waals surface area contributed by atoms with Gasteiger partial charge in [-0.25, -0.2) is 0 Å². The van der Waals surface area contributed by atoms with Gasteiger partial charge in [-0.15, -0.1) is 5.10 Å². The minimum absolute atomic E-state index is 0.248. The summed E-state index contributed by atoms with van der Waals surface area (Å²) in [5.41, 5.74) is 3.73. The summed E-state index contributed by atoms with van der Waals surface area (Å²) in [5.74, 6) is -0.285. The van der Waals surface area contributed by atoms with E-state index in [9.17, 15) is 9.36 Å². The lowest BCUT2D eigenvalue weighted by molar-refractivity contribution is -0.117. The third kappa shape index (κ3) is 8.36. The lowest BCUT2D eigenvalue weighted by atomic mass is 10.1. The first-order chi connectivity index (χ1) is 18.2. The second-order valence-electron chi connectivity index (χ2n) is 8.59. The molecule has 1 amide bonds. The Bertz CT molecular complexity index is 1430. The first-order valence-corrected chi connectivity index (χ1v) is 13.9. The maximum Gasteiger partial charge on any atom is 0.329 e. The summed E-state index contributed by atoms with van der Waals surface area (Å²) in [6, 6.07) is 21.6. The van der Waals surface area contributed by atoms with Crippen molar-refractivity contribution < 1.29 is 19.1 Å². The predicted molar refractivity (Wildman–Crippen MR) is 146 cm³/mol. The molecule has 4 N–H and O–H groups in total. The van der Waals surface area contributed by atoms with Crippen LogP contribution in [0, 0.1) is 0 Å². The van der Waals surface area contributed by atoms with E-state index in [0.717, 1.165) is 11.3 Å². The van der Waals surface area contributed by atoms with E-state index < -0.39 is 7.60 Å². The number of hydrogen-bond acceptors (Lipinski definition) is 6. The zero-order chi connectivity index (χ0) is 27.0. The summed E-state index contributed by atoms with van der Waals surface area (Å²) in [4.78, 5) is 31.2. The number of benzene rings is 3. The van der Waals surface area contributed by atoms with Crippen molar-refractivity contribution in [2.24, 2.45) is 0 Å². The second-order valence-corrected chi connectivity index (χ2v) is 10.7. The molecule has 4 aromatic rings. The van der Waals surface area contributed by atoms with E-state index in [0.29, 0.717) is 34.8 Å². The Balaban J connectivity index is 1.45. The molecule has 4 rings (SSSR count). The van der Waals surface area contributed by atoms with E-state index in [1.807, 2.05) is 30.3 Å². The number of rotatable bonds is 11. The number of tetrazole rings is 1. The van der Waals surface area contributed by atoms with Gasteiger partial charge in [-0.05, 0) is 64.4 Å². The molecule has 38 heavy (non-hydrogen) atoms. The maximum atomic E-state index is 12.9. The standard InChI is InChI=1S/C26H26ClN6O4P/c27-22-9-12-25(33-18-29-31-32-33)21(15-22)8-13-26(34)30-24(14-19-4-2-1-3-5-19)16-28-23-10-6-20(7-11-23)17-38(35,36)37/h1-13,15,18,24,28H,14,16-17H2,(H,30,34)(H2,35,36,37)/b13-8+/t24-/m0/s1. The van der Waals surface area contributed by atoms with Gasteiger partial charge in [0.15, 0.2) is 0 Å². The summed E-state index contributed by atoms with van der Waals surface area (Å²) in [7, 11) is -4.13. The normalized spacial score (nSPS) is 12.4. The molecule has 0 spiro atoms. The Morgan fingerprint density at radius 3 is 2.50 bits per heavy atom. The van der Waals surface area contributed by atoms with Crippen molar-refractivity contribution in [3.05, 3.63) is 107 Å². The van der Waals surface area contributed by atoms with Crippen molar-refractivity contribution in [3.63, 3.8) is 0 Å². The maximum absolute atomic E-state index is 12.9. The van der Waals surface area contributed by atoms with Crippen molar-refractivity contribution in [3.8, 4) is 5.69 Å². The van der Waals surface area contributed by atoms with E-state index in [1.54, 1.807) is 48.5 Å². The third-order valence-corrected chi connectivity index (χ3v) is 6.58. The first kappa shape index (κ1) is 27.2. The fourth-order valence-electron chi connectivity index (χ4n) is 3.83. The zero-order valence-corrected chi connectivity index (χ0v) is 21.8. The number of carbonyl (C=O) groups is 1. The van der Waals surface area contributed by atoms with E-state index in [4.69, 9.17) is 21.4 Å². The number of hydrogen-bond donors (Lipinski definition) is 4. The average molecular weight is 553 g/mol.